The van der Waals surface area contributed by atoms with Crippen LogP contribution in [-0.4, -0.2) is 560 Å². The fraction of sp³-hybridized carbons (Fsp3) is 0.919. The van der Waals surface area contributed by atoms with E-state index in [1.807, 2.05) is 0 Å². The van der Waals surface area contributed by atoms with Gasteiger partial charge in [0.2, 0.25) is 23.6 Å². The summed E-state index contributed by atoms with van der Waals surface area (Å²) in [5, 5.41) is 346. The van der Waals surface area contributed by atoms with Crippen LogP contribution < -0.4 is 21.3 Å². The van der Waals surface area contributed by atoms with Gasteiger partial charge in [0.05, 0.1) is 89.4 Å². The molecule has 0 bridgehead atoms. The average Bonchev–Trinajstić information content (AvgIpc) is 0.752. The predicted octanol–water partition coefficient (Wildman–Crippen LogP) is -21.8. The monoisotopic (exact) mass is 1950 g/mol. The number of carboxylic acid groups (broad SMARTS) is 2. The van der Waals surface area contributed by atoms with Crippen molar-refractivity contribution >= 4 is 35.6 Å². The van der Waals surface area contributed by atoms with Crippen LogP contribution >= 0.6 is 0 Å². The molecule has 4 amide bonds. The van der Waals surface area contributed by atoms with E-state index in [0.717, 1.165) is 34.6 Å². The minimum Gasteiger partial charge on any atom is -0.477 e. The molecule has 133 heavy (non-hydrogen) atoms. The van der Waals surface area contributed by atoms with Crippen molar-refractivity contribution in [3.8, 4) is 0 Å². The van der Waals surface area contributed by atoms with Crippen molar-refractivity contribution in [2.75, 3.05) is 52.9 Å². The summed E-state index contributed by atoms with van der Waals surface area (Å²) in [6.07, 6.45) is -107. The molecular weight excluding hydrogens is 1820 g/mol. The molecule has 34 N–H and O–H groups in total. The molecule has 52 atom stereocenters. The standard InChI is InChI=1S/C74H122N4O55/c1-17-37(94)44(101)48(105)66(116-17)127-58-35(77-21(5)88)64(129-60-41(98)27(11-81)119-68(50(60)107)124-53-29(13-83)118-63(110)47(104)46(53)103)121-30(14-84)54(58)125-69-51(108)61(42(99)28(12-82)120-69)130-65-36(78-22(6)89)59(128-67-49(106)45(102)38(95)18(2)117-67)55(31(15-85)122-65)126-70-52(109)62(133-74(72(113)114)8-24(91)34(76-20(4)87)57(132-74)40(97)26(93)10-80)43(100)32(123-70)16-115-73(71(111)112)7-23(90)33(75-19(3)86)56(131-73)39(96)25(92)9-79/h17-18,23-70,79-85,90-110H,7-16H2,1-6H3,(H,75,86)(H,76,87)(H,77,88)(H,78,89)(H,111,112)(H,113,114)/t17-,18-,23-,24-,25+,26+,27+,28+,29+,30+,31+,32+,33+,34+,35+,36+,37+,38+,39+,40+,41-,42-,43-,44+,45+,46+,47+,48-,49-,50+,51+,52+,53+,54+,55+,56+,57+,58+,59+,60-,61-,62-,63+,64-,65-,66-,67-,68-,69-,70-,73+,74-/m0/s1. The number of rotatable bonds is 36. The quantitative estimate of drug-likeness (QED) is 0.0277. The maximum Gasteiger partial charge on any atom is 0.364 e. The summed E-state index contributed by atoms with van der Waals surface area (Å²) in [5.41, 5.74) is 0. The van der Waals surface area contributed by atoms with Gasteiger partial charge in [-0.3, -0.25) is 19.2 Å². The Balaban J connectivity index is 1.04. The molecule has 768 valence electrons. The Morgan fingerprint density at radius 3 is 1.00 bits per heavy atom. The molecule has 59 heteroatoms. The second kappa shape index (κ2) is 46.6. The third kappa shape index (κ3) is 23.9. The second-order valence-electron chi connectivity index (χ2n) is 33.8. The number of carbonyl (C=O) groups excluding carboxylic acids is 4. The van der Waals surface area contributed by atoms with Crippen molar-refractivity contribution in [1.82, 2.24) is 21.3 Å². The Hall–Kier alpha value is -5.06. The number of aliphatic hydroxyl groups excluding tert-OH is 28. The number of aliphatic carboxylic acids is 2. The summed E-state index contributed by atoms with van der Waals surface area (Å²) >= 11 is 0. The number of nitrogens with one attached hydrogen (secondary N) is 4. The Labute approximate surface area is 751 Å². The highest BCUT2D eigenvalue weighted by Crippen LogP contribution is 2.45. The molecule has 10 fully saturated rings. The van der Waals surface area contributed by atoms with Crippen molar-refractivity contribution in [2.24, 2.45) is 0 Å². The topological polar surface area (TPSA) is 933 Å². The first-order valence-electron chi connectivity index (χ1n) is 42.1. The molecule has 0 unspecified atom stereocenters. The zero-order chi connectivity index (χ0) is 98.7. The number of carbonyl (C=O) groups is 6. The summed E-state index contributed by atoms with van der Waals surface area (Å²) in [6, 6.07) is -8.19. The van der Waals surface area contributed by atoms with Crippen LogP contribution in [0.4, 0.5) is 0 Å². The molecule has 10 aliphatic heterocycles. The molecule has 59 nitrogen and oxygen atoms in total. The van der Waals surface area contributed by atoms with E-state index in [1.165, 1.54) is 6.92 Å². The van der Waals surface area contributed by atoms with Gasteiger partial charge >= 0.3 is 11.9 Å². The molecule has 0 aliphatic carbocycles. The number of aliphatic hydroxyl groups is 28. The fourth-order valence-corrected chi connectivity index (χ4v) is 17.2. The van der Waals surface area contributed by atoms with Crippen LogP contribution in [0.1, 0.15) is 54.4 Å². The summed E-state index contributed by atoms with van der Waals surface area (Å²) in [7, 11) is 0. The fourth-order valence-electron chi connectivity index (χ4n) is 17.2. The number of amides is 4. The first-order chi connectivity index (χ1) is 62.5. The normalized spacial score (nSPS) is 47.5. The number of carboxylic acids is 2. The van der Waals surface area contributed by atoms with Gasteiger partial charge in [-0.15, -0.1) is 0 Å². The molecule has 10 saturated heterocycles. The second-order valence-corrected chi connectivity index (χ2v) is 33.8. The van der Waals surface area contributed by atoms with Crippen LogP contribution in [-0.2, 0) is 119 Å². The number of hydrogen-bond acceptors (Lipinski definition) is 53. The first-order valence-corrected chi connectivity index (χ1v) is 42.1. The lowest BCUT2D eigenvalue weighted by atomic mass is 9.88. The van der Waals surface area contributed by atoms with E-state index in [0.29, 0.717) is 0 Å². The Morgan fingerprint density at radius 1 is 0.323 bits per heavy atom. The van der Waals surface area contributed by atoms with Gasteiger partial charge in [0.15, 0.2) is 50.3 Å². The molecule has 0 aromatic rings. The van der Waals surface area contributed by atoms with E-state index in [2.05, 4.69) is 21.3 Å². The van der Waals surface area contributed by atoms with E-state index in [9.17, 15) is 182 Å². The van der Waals surface area contributed by atoms with Gasteiger partial charge in [-0.1, -0.05) is 0 Å². The average molecular weight is 1950 g/mol. The van der Waals surface area contributed by atoms with Gasteiger partial charge in [-0.25, -0.2) is 9.59 Å². The molecule has 0 spiro atoms. The molecular formula is C74H122N4O55. The third-order valence-corrected chi connectivity index (χ3v) is 24.4. The van der Waals surface area contributed by atoms with E-state index >= 15 is 0 Å². The van der Waals surface area contributed by atoms with Crippen molar-refractivity contribution in [3.05, 3.63) is 0 Å². The summed E-state index contributed by atoms with van der Waals surface area (Å²) in [5.74, 6) is -15.7. The lowest BCUT2D eigenvalue weighted by molar-refractivity contribution is -0.404. The smallest absolute Gasteiger partial charge is 0.364 e. The van der Waals surface area contributed by atoms with Crippen LogP contribution in [0, 0.1) is 0 Å². The number of ether oxygens (including phenoxy) is 19. The minimum atomic E-state index is -3.61. The maximum absolute atomic E-state index is 13.9. The Morgan fingerprint density at radius 2 is 0.632 bits per heavy atom. The van der Waals surface area contributed by atoms with Gasteiger partial charge in [0.25, 0.3) is 11.6 Å². The molecule has 0 aromatic heterocycles. The summed E-state index contributed by atoms with van der Waals surface area (Å²) in [6.45, 7) is -4.68. The van der Waals surface area contributed by atoms with E-state index in [4.69, 9.17) is 90.0 Å². The SMILES string of the molecule is CC(=O)N[C@H]1[C@H](O[C@H]2[C@@H](O)[C@@H](CO)O[C@@H](O[C@H]3[C@H](O)[C@@H](O)[C@H](O)O[C@@H]3CO)[C@@H]2O)O[C@H](CO)[C@@H](O[C@@H]2O[C@H](CO)[C@H](O)[C@H](O[C@@H]3O[C@H](CO)[C@@H](O[C@@H]4O[C@H](CO[C@]5(C(=O)O)C[C@H](O)[C@@H](NC(C)=O)[C@H]([C@H](O)[C@H](O)CO)O5)[C@H](O)[C@H](O[C@]5(C(=O)O)C[C@H](O)[C@@H](NC(C)=O)[C@H]([C@H](O)[C@H](O)CO)O5)[C@H]4O)[C@H](O[C@@H]4O[C@@H](C)[C@@H](O)[C@@H](O)[C@@H]4O)[C@H]3NC(C)=O)[C@H]2O)[C@@H]1O[C@@H]1O[C@@H](C)[C@@H](O)[C@@H](O)[C@@H]1O. The van der Waals surface area contributed by atoms with Gasteiger partial charge in [0.1, 0.15) is 220 Å². The van der Waals surface area contributed by atoms with E-state index < -0.39 is 419 Å². The molecule has 10 aliphatic rings. The van der Waals surface area contributed by atoms with E-state index in [1.54, 1.807) is 0 Å². The van der Waals surface area contributed by atoms with Crippen molar-refractivity contribution in [3.63, 3.8) is 0 Å². The Kier molecular flexibility index (Phi) is 38.5. The van der Waals surface area contributed by atoms with Crippen LogP contribution in [0.5, 0.6) is 0 Å². The van der Waals surface area contributed by atoms with Gasteiger partial charge in [-0.2, -0.15) is 0 Å². The largest absolute Gasteiger partial charge is 0.477 e. The summed E-state index contributed by atoms with van der Waals surface area (Å²) < 4.78 is 114. The highest BCUT2D eigenvalue weighted by atomic mass is 16.8. The highest BCUT2D eigenvalue weighted by molar-refractivity contribution is 5.78. The van der Waals surface area contributed by atoms with Crippen LogP contribution in [0.15, 0.2) is 0 Å². The zero-order valence-electron chi connectivity index (χ0n) is 71.6. The maximum atomic E-state index is 13.9. The van der Waals surface area contributed by atoms with Crippen molar-refractivity contribution in [2.45, 2.75) is 372 Å². The molecule has 0 saturated carbocycles. The first kappa shape index (κ1) is 110. The highest BCUT2D eigenvalue weighted by Gasteiger charge is 2.66. The van der Waals surface area contributed by atoms with Crippen LogP contribution in [0.25, 0.3) is 0 Å². The molecule has 10 rings (SSSR count). The predicted molar refractivity (Wildman–Crippen MR) is 408 cm³/mol. The van der Waals surface area contributed by atoms with Crippen molar-refractivity contribution in [1.29, 1.82) is 0 Å². The lowest BCUT2D eigenvalue weighted by Crippen LogP contribution is -2.72. The zero-order valence-corrected chi connectivity index (χ0v) is 71.6. The minimum absolute atomic E-state index is 0.805. The third-order valence-electron chi connectivity index (χ3n) is 24.4. The van der Waals surface area contributed by atoms with Crippen molar-refractivity contribution < 1.29 is 272 Å². The van der Waals surface area contributed by atoms with Gasteiger partial charge in [0, 0.05) is 40.5 Å². The molecule has 0 aromatic carbocycles. The lowest BCUT2D eigenvalue weighted by Gasteiger charge is -2.53. The van der Waals surface area contributed by atoms with Gasteiger partial charge in [-0.05, 0) is 13.8 Å². The van der Waals surface area contributed by atoms with Crippen LogP contribution in [0.2, 0.25) is 0 Å². The van der Waals surface area contributed by atoms with E-state index in [-0.39, 0.29) is 0 Å². The molecule has 10 heterocycles. The Bertz CT molecular complexity index is 3750. The summed E-state index contributed by atoms with van der Waals surface area (Å²) in [4.78, 5) is 80.0. The molecule has 0 radical (unpaired) electrons. The van der Waals surface area contributed by atoms with Gasteiger partial charge < -0.3 is 264 Å². The number of hydrogen-bond donors (Lipinski definition) is 34. The van der Waals surface area contributed by atoms with Crippen LogP contribution in [0.3, 0.4) is 0 Å².